The number of hydrogen-bond acceptors (Lipinski definition) is 3. The number of nitrogens with zero attached hydrogens (tertiary/aromatic N) is 2. The molecule has 1 saturated heterocycles. The molecule has 0 saturated carbocycles. The smallest absolute Gasteiger partial charge is 0.227 e. The number of rotatable bonds is 7. The first-order valence-electron chi connectivity index (χ1n) is 9.68. The van der Waals surface area contributed by atoms with E-state index < -0.39 is 0 Å². The molecule has 2 rings (SSSR count). The molecule has 0 bridgehead atoms. The molecule has 0 spiro atoms. The van der Waals surface area contributed by atoms with E-state index in [1.165, 1.54) is 5.56 Å². The Kier molecular flexibility index (Phi) is 7.49. The van der Waals surface area contributed by atoms with Gasteiger partial charge in [0, 0.05) is 38.2 Å². The van der Waals surface area contributed by atoms with Crippen LogP contribution >= 0.6 is 0 Å². The average molecular weight is 360 g/mol. The monoisotopic (exact) mass is 360 g/mol. The number of piperazine rings is 1. The van der Waals surface area contributed by atoms with E-state index in [4.69, 9.17) is 4.74 Å². The highest BCUT2D eigenvalue weighted by Crippen LogP contribution is 2.25. The molecule has 0 N–H and O–H groups in total. The topological polar surface area (TPSA) is 49.9 Å². The highest BCUT2D eigenvalue weighted by Gasteiger charge is 2.24. The van der Waals surface area contributed by atoms with E-state index in [1.54, 1.807) is 7.11 Å². The van der Waals surface area contributed by atoms with E-state index in [0.717, 1.165) is 24.2 Å². The molecule has 1 aliphatic heterocycles. The van der Waals surface area contributed by atoms with Gasteiger partial charge in [0.15, 0.2) is 0 Å². The van der Waals surface area contributed by atoms with Gasteiger partial charge in [-0.05, 0) is 24.0 Å². The number of hydrogen-bond donors (Lipinski definition) is 0. The van der Waals surface area contributed by atoms with Crippen LogP contribution in [0.4, 0.5) is 0 Å². The second-order valence-corrected chi connectivity index (χ2v) is 7.27. The van der Waals surface area contributed by atoms with Crippen molar-refractivity contribution in [2.75, 3.05) is 33.3 Å². The maximum atomic E-state index is 12.7. The van der Waals surface area contributed by atoms with Crippen molar-refractivity contribution in [2.45, 2.75) is 52.4 Å². The quantitative estimate of drug-likeness (QED) is 0.750. The SMILES string of the molecule is CCCCC(=O)N1CCN(C(=O)Cc2cc(C(C)C)ccc2OC)CC1. The van der Waals surface area contributed by atoms with Crippen LogP contribution in [0.25, 0.3) is 0 Å². The molecule has 0 radical (unpaired) electrons. The first-order chi connectivity index (χ1) is 12.5. The molecule has 0 unspecified atom stereocenters. The fourth-order valence-electron chi connectivity index (χ4n) is 3.26. The zero-order chi connectivity index (χ0) is 19.1. The van der Waals surface area contributed by atoms with Crippen LogP contribution in [0.2, 0.25) is 0 Å². The summed E-state index contributed by atoms with van der Waals surface area (Å²) in [6.07, 6.45) is 2.92. The first-order valence-corrected chi connectivity index (χ1v) is 9.68. The van der Waals surface area contributed by atoms with Crippen molar-refractivity contribution in [1.82, 2.24) is 9.80 Å². The van der Waals surface area contributed by atoms with Gasteiger partial charge >= 0.3 is 0 Å². The van der Waals surface area contributed by atoms with Crippen molar-refractivity contribution in [3.8, 4) is 5.75 Å². The molecule has 144 valence electrons. The van der Waals surface area contributed by atoms with Gasteiger partial charge in [-0.15, -0.1) is 0 Å². The second-order valence-electron chi connectivity index (χ2n) is 7.27. The molecule has 0 aromatic heterocycles. The van der Waals surface area contributed by atoms with Gasteiger partial charge < -0.3 is 14.5 Å². The van der Waals surface area contributed by atoms with Crippen LogP contribution in [0.3, 0.4) is 0 Å². The zero-order valence-corrected chi connectivity index (χ0v) is 16.6. The molecule has 0 aliphatic carbocycles. The lowest BCUT2D eigenvalue weighted by Gasteiger charge is -2.35. The van der Waals surface area contributed by atoms with Crippen molar-refractivity contribution in [2.24, 2.45) is 0 Å². The highest BCUT2D eigenvalue weighted by atomic mass is 16.5. The van der Waals surface area contributed by atoms with Gasteiger partial charge in [0.05, 0.1) is 13.5 Å². The summed E-state index contributed by atoms with van der Waals surface area (Å²) in [7, 11) is 1.64. The van der Waals surface area contributed by atoms with Crippen LogP contribution in [0.15, 0.2) is 18.2 Å². The minimum absolute atomic E-state index is 0.102. The first kappa shape index (κ1) is 20.3. The summed E-state index contributed by atoms with van der Waals surface area (Å²) in [4.78, 5) is 28.6. The normalized spacial score (nSPS) is 14.7. The molecular formula is C21H32N2O3. The molecule has 5 heteroatoms. The van der Waals surface area contributed by atoms with Gasteiger partial charge in [0.1, 0.15) is 5.75 Å². The summed E-state index contributed by atoms with van der Waals surface area (Å²) >= 11 is 0. The predicted molar refractivity (Wildman–Crippen MR) is 103 cm³/mol. The Balaban J connectivity index is 1.95. The third-order valence-corrected chi connectivity index (χ3v) is 5.04. The Hall–Kier alpha value is -2.04. The van der Waals surface area contributed by atoms with Crippen LogP contribution in [0, 0.1) is 0 Å². The predicted octanol–water partition coefficient (Wildman–Crippen LogP) is 3.22. The van der Waals surface area contributed by atoms with Crippen LogP contribution in [0.1, 0.15) is 57.1 Å². The lowest BCUT2D eigenvalue weighted by atomic mass is 9.98. The molecular weight excluding hydrogens is 328 g/mol. The lowest BCUT2D eigenvalue weighted by Crippen LogP contribution is -2.51. The molecule has 1 aromatic rings. The summed E-state index contributed by atoms with van der Waals surface area (Å²) in [6.45, 7) is 8.87. The van der Waals surface area contributed by atoms with E-state index in [9.17, 15) is 9.59 Å². The molecule has 1 aromatic carbocycles. The van der Waals surface area contributed by atoms with Crippen LogP contribution in [-0.4, -0.2) is 54.9 Å². The molecule has 26 heavy (non-hydrogen) atoms. The third-order valence-electron chi connectivity index (χ3n) is 5.04. The Morgan fingerprint density at radius 2 is 1.69 bits per heavy atom. The maximum absolute atomic E-state index is 12.7. The average Bonchev–Trinajstić information content (AvgIpc) is 2.66. The molecule has 1 heterocycles. The highest BCUT2D eigenvalue weighted by molar-refractivity contribution is 5.80. The van der Waals surface area contributed by atoms with Crippen LogP contribution in [0.5, 0.6) is 5.75 Å². The second kappa shape index (κ2) is 9.60. The van der Waals surface area contributed by atoms with E-state index in [1.807, 2.05) is 15.9 Å². The third kappa shape index (κ3) is 5.23. The van der Waals surface area contributed by atoms with Gasteiger partial charge in [-0.3, -0.25) is 9.59 Å². The minimum Gasteiger partial charge on any atom is -0.496 e. The Bertz CT molecular complexity index is 620. The van der Waals surface area contributed by atoms with Gasteiger partial charge in [-0.2, -0.15) is 0 Å². The van der Waals surface area contributed by atoms with E-state index >= 15 is 0 Å². The summed E-state index contributed by atoms with van der Waals surface area (Å²) in [5.74, 6) is 1.48. The van der Waals surface area contributed by atoms with Crippen molar-refractivity contribution < 1.29 is 14.3 Å². The number of carbonyl (C=O) groups excluding carboxylic acids is 2. The lowest BCUT2D eigenvalue weighted by molar-refractivity contribution is -0.139. The van der Waals surface area contributed by atoms with Crippen molar-refractivity contribution in [1.29, 1.82) is 0 Å². The molecule has 0 atom stereocenters. The Labute approximate surface area is 157 Å². The van der Waals surface area contributed by atoms with Gasteiger partial charge in [-0.1, -0.05) is 39.3 Å². The number of amides is 2. The Morgan fingerprint density at radius 1 is 1.08 bits per heavy atom. The number of methoxy groups -OCH3 is 1. The van der Waals surface area contributed by atoms with Crippen molar-refractivity contribution in [3.05, 3.63) is 29.3 Å². The number of benzene rings is 1. The molecule has 2 amide bonds. The number of carbonyl (C=O) groups is 2. The fourth-order valence-corrected chi connectivity index (χ4v) is 3.26. The summed E-state index contributed by atoms with van der Waals surface area (Å²) in [5, 5.41) is 0. The minimum atomic E-state index is 0.102. The largest absolute Gasteiger partial charge is 0.496 e. The van der Waals surface area contributed by atoms with Crippen molar-refractivity contribution >= 4 is 11.8 Å². The van der Waals surface area contributed by atoms with E-state index in [0.29, 0.717) is 44.9 Å². The summed E-state index contributed by atoms with van der Waals surface area (Å²) in [6, 6.07) is 6.08. The van der Waals surface area contributed by atoms with Gasteiger partial charge in [0.25, 0.3) is 0 Å². The van der Waals surface area contributed by atoms with Gasteiger partial charge in [0.2, 0.25) is 11.8 Å². The Morgan fingerprint density at radius 3 is 2.23 bits per heavy atom. The fraction of sp³-hybridized carbons (Fsp3) is 0.619. The van der Waals surface area contributed by atoms with Crippen LogP contribution in [-0.2, 0) is 16.0 Å². The molecule has 1 fully saturated rings. The van der Waals surface area contributed by atoms with E-state index in [2.05, 4.69) is 32.9 Å². The summed E-state index contributed by atoms with van der Waals surface area (Å²) < 4.78 is 5.43. The molecule has 1 aliphatic rings. The number of unbranched alkanes of at least 4 members (excludes halogenated alkanes) is 1. The molecule has 5 nitrogen and oxygen atoms in total. The van der Waals surface area contributed by atoms with Crippen LogP contribution < -0.4 is 4.74 Å². The maximum Gasteiger partial charge on any atom is 0.227 e. The van der Waals surface area contributed by atoms with Gasteiger partial charge in [-0.25, -0.2) is 0 Å². The number of ether oxygens (including phenoxy) is 1. The standard InChI is InChI=1S/C21H32N2O3/c1-5-6-7-20(24)22-10-12-23(13-11-22)21(25)15-18-14-17(16(2)3)8-9-19(18)26-4/h8-9,14,16H,5-7,10-13,15H2,1-4H3. The zero-order valence-electron chi connectivity index (χ0n) is 16.6. The van der Waals surface area contributed by atoms with E-state index in [-0.39, 0.29) is 11.8 Å². The van der Waals surface area contributed by atoms with Crippen molar-refractivity contribution in [3.63, 3.8) is 0 Å². The summed E-state index contributed by atoms with van der Waals surface area (Å²) in [5.41, 5.74) is 2.14.